The highest BCUT2D eigenvalue weighted by Gasteiger charge is 2.08. The van der Waals surface area contributed by atoms with Crippen LogP contribution in [0.3, 0.4) is 0 Å². The van der Waals surface area contributed by atoms with Crippen molar-refractivity contribution in [3.05, 3.63) is 35.9 Å². The van der Waals surface area contributed by atoms with Crippen molar-refractivity contribution in [2.45, 2.75) is 13.3 Å². The first-order valence-corrected chi connectivity index (χ1v) is 5.44. The molecule has 1 aromatic carbocycles. The molecule has 0 aliphatic rings. The third-order valence-electron chi connectivity index (χ3n) is 2.50. The number of aryl methyl sites for hydroxylation is 2. The van der Waals surface area contributed by atoms with E-state index < -0.39 is 0 Å². The monoisotopic (exact) mass is 234 g/mol. The molecule has 17 heavy (non-hydrogen) atoms. The molecule has 0 amide bonds. The van der Waals surface area contributed by atoms with Crippen LogP contribution in [0.2, 0.25) is 0 Å². The van der Waals surface area contributed by atoms with Crippen molar-refractivity contribution in [2.75, 3.05) is 11.1 Å². The van der Waals surface area contributed by atoms with Crippen molar-refractivity contribution in [1.82, 2.24) is 9.78 Å². The number of halogens is 1. The molecule has 0 aliphatic carbocycles. The molecule has 1 heterocycles. The minimum atomic E-state index is -0.365. The van der Waals surface area contributed by atoms with Gasteiger partial charge in [-0.1, -0.05) is 6.92 Å². The Morgan fingerprint density at radius 3 is 2.82 bits per heavy atom. The van der Waals surface area contributed by atoms with Gasteiger partial charge in [0.1, 0.15) is 5.82 Å². The second-order valence-electron chi connectivity index (χ2n) is 3.88. The van der Waals surface area contributed by atoms with Gasteiger partial charge in [0, 0.05) is 18.9 Å². The molecule has 4 nitrogen and oxygen atoms in total. The van der Waals surface area contributed by atoms with E-state index in [4.69, 9.17) is 5.73 Å². The quantitative estimate of drug-likeness (QED) is 0.802. The Morgan fingerprint density at radius 1 is 1.41 bits per heavy atom. The summed E-state index contributed by atoms with van der Waals surface area (Å²) >= 11 is 0. The van der Waals surface area contributed by atoms with Crippen molar-refractivity contribution < 1.29 is 4.39 Å². The second kappa shape index (κ2) is 4.45. The number of aromatic nitrogens is 2. The van der Waals surface area contributed by atoms with E-state index >= 15 is 0 Å². The van der Waals surface area contributed by atoms with E-state index in [2.05, 4.69) is 10.4 Å². The fourth-order valence-electron chi connectivity index (χ4n) is 1.68. The van der Waals surface area contributed by atoms with Crippen LogP contribution in [0, 0.1) is 5.82 Å². The Balaban J connectivity index is 2.30. The van der Waals surface area contributed by atoms with Gasteiger partial charge in [-0.25, -0.2) is 4.39 Å². The molecule has 0 saturated carbocycles. The average Bonchev–Trinajstić information content (AvgIpc) is 2.63. The van der Waals surface area contributed by atoms with Crippen LogP contribution in [0.15, 0.2) is 24.4 Å². The van der Waals surface area contributed by atoms with E-state index in [1.165, 1.54) is 6.07 Å². The number of benzene rings is 1. The summed E-state index contributed by atoms with van der Waals surface area (Å²) in [4.78, 5) is 0. The molecule has 0 spiro atoms. The smallest absolute Gasteiger partial charge is 0.148 e. The molecule has 3 N–H and O–H groups in total. The Bertz CT molecular complexity index is 533. The van der Waals surface area contributed by atoms with Gasteiger partial charge in [-0.2, -0.15) is 5.10 Å². The lowest BCUT2D eigenvalue weighted by Crippen LogP contribution is -1.97. The highest BCUT2D eigenvalue weighted by Crippen LogP contribution is 2.23. The fourth-order valence-corrected chi connectivity index (χ4v) is 1.68. The van der Waals surface area contributed by atoms with Gasteiger partial charge < -0.3 is 11.1 Å². The maximum absolute atomic E-state index is 13.6. The summed E-state index contributed by atoms with van der Waals surface area (Å²) in [6.07, 6.45) is 2.62. The number of hydrogen-bond acceptors (Lipinski definition) is 3. The predicted octanol–water partition coefficient (Wildman–Crippen LogP) is 2.45. The van der Waals surface area contributed by atoms with Gasteiger partial charge >= 0.3 is 0 Å². The van der Waals surface area contributed by atoms with Crippen LogP contribution in [0.4, 0.5) is 21.5 Å². The molecule has 0 bridgehead atoms. The highest BCUT2D eigenvalue weighted by molar-refractivity contribution is 5.63. The molecule has 90 valence electrons. The Hall–Kier alpha value is -2.04. The zero-order valence-electron chi connectivity index (χ0n) is 9.87. The molecular weight excluding hydrogens is 219 g/mol. The van der Waals surface area contributed by atoms with Crippen molar-refractivity contribution >= 4 is 17.1 Å². The first-order chi connectivity index (χ1) is 8.10. The van der Waals surface area contributed by atoms with E-state index in [0.29, 0.717) is 11.4 Å². The number of nitrogens with one attached hydrogen (secondary N) is 1. The van der Waals surface area contributed by atoms with Gasteiger partial charge in [0.2, 0.25) is 0 Å². The van der Waals surface area contributed by atoms with Gasteiger partial charge in [0.05, 0.1) is 17.1 Å². The summed E-state index contributed by atoms with van der Waals surface area (Å²) in [5, 5.41) is 7.31. The maximum Gasteiger partial charge on any atom is 0.148 e. The van der Waals surface area contributed by atoms with E-state index in [0.717, 1.165) is 17.8 Å². The van der Waals surface area contributed by atoms with Crippen molar-refractivity contribution in [3.63, 3.8) is 0 Å². The number of hydrogen-bond donors (Lipinski definition) is 2. The molecule has 0 radical (unpaired) electrons. The predicted molar refractivity (Wildman–Crippen MR) is 66.7 cm³/mol. The van der Waals surface area contributed by atoms with Gasteiger partial charge in [-0.15, -0.1) is 0 Å². The van der Waals surface area contributed by atoms with Crippen LogP contribution in [0.5, 0.6) is 0 Å². The Kier molecular flexibility index (Phi) is 2.99. The summed E-state index contributed by atoms with van der Waals surface area (Å²) in [5.74, 6) is -0.365. The highest BCUT2D eigenvalue weighted by atomic mass is 19.1. The summed E-state index contributed by atoms with van der Waals surface area (Å²) in [5.41, 5.74) is 8.04. The lowest BCUT2D eigenvalue weighted by atomic mass is 10.2. The second-order valence-corrected chi connectivity index (χ2v) is 3.88. The summed E-state index contributed by atoms with van der Waals surface area (Å²) < 4.78 is 15.3. The maximum atomic E-state index is 13.6. The van der Waals surface area contributed by atoms with Crippen LogP contribution >= 0.6 is 0 Å². The Labute approximate surface area is 99.2 Å². The number of nitrogens with zero attached hydrogens (tertiary/aromatic N) is 2. The Morgan fingerprint density at radius 2 is 2.18 bits per heavy atom. The van der Waals surface area contributed by atoms with Crippen molar-refractivity contribution in [3.8, 4) is 0 Å². The third-order valence-corrected chi connectivity index (χ3v) is 2.50. The molecular formula is C12H15FN4. The van der Waals surface area contributed by atoms with E-state index in [1.807, 2.05) is 20.2 Å². The van der Waals surface area contributed by atoms with Crippen LogP contribution < -0.4 is 11.1 Å². The van der Waals surface area contributed by atoms with Crippen molar-refractivity contribution in [1.29, 1.82) is 0 Å². The molecule has 2 rings (SSSR count). The topological polar surface area (TPSA) is 55.9 Å². The van der Waals surface area contributed by atoms with Crippen molar-refractivity contribution in [2.24, 2.45) is 7.05 Å². The molecule has 0 aliphatic heterocycles. The van der Waals surface area contributed by atoms with Crippen LogP contribution in [0.1, 0.15) is 12.6 Å². The third kappa shape index (κ3) is 2.38. The molecule has 0 unspecified atom stereocenters. The molecule has 0 atom stereocenters. The minimum absolute atomic E-state index is 0.365. The first kappa shape index (κ1) is 11.4. The summed E-state index contributed by atoms with van der Waals surface area (Å²) in [6, 6.07) is 4.58. The van der Waals surface area contributed by atoms with Gasteiger partial charge in [0.15, 0.2) is 0 Å². The molecule has 2 aromatic rings. The van der Waals surface area contributed by atoms with E-state index in [-0.39, 0.29) is 5.82 Å². The van der Waals surface area contributed by atoms with Crippen LogP contribution in [-0.4, -0.2) is 9.78 Å². The lowest BCUT2D eigenvalue weighted by molar-refractivity contribution is 0.632. The summed E-state index contributed by atoms with van der Waals surface area (Å²) in [7, 11) is 1.84. The number of nitrogen functional groups attached to an aromatic ring is 1. The van der Waals surface area contributed by atoms with E-state index in [1.54, 1.807) is 16.8 Å². The standard InChI is InChI=1S/C12H15FN4/c1-3-10-12(7-17(2)16-10)15-11-5-4-8(14)6-9(11)13/h4-7,15H,3,14H2,1-2H3. The normalized spacial score (nSPS) is 10.5. The lowest BCUT2D eigenvalue weighted by Gasteiger charge is -2.07. The zero-order valence-corrected chi connectivity index (χ0v) is 9.87. The molecule has 5 heteroatoms. The van der Waals surface area contributed by atoms with Gasteiger partial charge in [0.25, 0.3) is 0 Å². The average molecular weight is 234 g/mol. The molecule has 0 saturated heterocycles. The first-order valence-electron chi connectivity index (χ1n) is 5.44. The van der Waals surface area contributed by atoms with Gasteiger partial charge in [-0.05, 0) is 24.6 Å². The van der Waals surface area contributed by atoms with Crippen LogP contribution in [0.25, 0.3) is 0 Å². The van der Waals surface area contributed by atoms with Crippen LogP contribution in [-0.2, 0) is 13.5 Å². The molecule has 1 aromatic heterocycles. The zero-order chi connectivity index (χ0) is 12.4. The largest absolute Gasteiger partial charge is 0.399 e. The fraction of sp³-hybridized carbons (Fsp3) is 0.250. The number of anilines is 3. The number of rotatable bonds is 3. The SMILES string of the molecule is CCc1nn(C)cc1Nc1ccc(N)cc1F. The van der Waals surface area contributed by atoms with Gasteiger partial charge in [-0.3, -0.25) is 4.68 Å². The minimum Gasteiger partial charge on any atom is -0.399 e. The molecule has 0 fully saturated rings. The van der Waals surface area contributed by atoms with E-state index in [9.17, 15) is 4.39 Å². The summed E-state index contributed by atoms with van der Waals surface area (Å²) in [6.45, 7) is 2.01. The number of nitrogens with two attached hydrogens (primary N) is 1.